The highest BCUT2D eigenvalue weighted by Gasteiger charge is 2.29. The lowest BCUT2D eigenvalue weighted by molar-refractivity contribution is -0.135. The first-order valence-corrected chi connectivity index (χ1v) is 9.70. The number of carboxylic acids is 1. The third kappa shape index (κ3) is 4.42. The van der Waals surface area contributed by atoms with Crippen LogP contribution in [0.2, 0.25) is 0 Å². The highest BCUT2D eigenvalue weighted by atomic mass is 16.5. The highest BCUT2D eigenvalue weighted by molar-refractivity contribution is 5.93. The number of ether oxygens (including phenoxy) is 1. The van der Waals surface area contributed by atoms with Gasteiger partial charge in [-0.15, -0.1) is 0 Å². The van der Waals surface area contributed by atoms with Crippen molar-refractivity contribution in [3.8, 4) is 11.1 Å². The van der Waals surface area contributed by atoms with Crippen molar-refractivity contribution in [2.75, 3.05) is 13.2 Å². The van der Waals surface area contributed by atoms with E-state index in [9.17, 15) is 14.4 Å². The quantitative estimate of drug-likeness (QED) is 0.541. The van der Waals surface area contributed by atoms with Gasteiger partial charge in [-0.05, 0) is 34.4 Å². The molecule has 3 N–H and O–H groups in total. The van der Waals surface area contributed by atoms with Gasteiger partial charge in [-0.25, -0.2) is 4.79 Å². The molecule has 2 aromatic carbocycles. The topological polar surface area (TPSA) is 118 Å². The Kier molecular flexibility index (Phi) is 5.70. The van der Waals surface area contributed by atoms with Gasteiger partial charge >= 0.3 is 12.1 Å². The van der Waals surface area contributed by atoms with E-state index in [1.165, 1.54) is 12.1 Å². The van der Waals surface area contributed by atoms with Gasteiger partial charge in [0.2, 0.25) is 0 Å². The van der Waals surface area contributed by atoms with Gasteiger partial charge in [0.25, 0.3) is 5.91 Å². The number of benzene rings is 2. The largest absolute Gasteiger partial charge is 0.480 e. The van der Waals surface area contributed by atoms with Gasteiger partial charge in [-0.3, -0.25) is 9.59 Å². The van der Waals surface area contributed by atoms with E-state index in [-0.39, 0.29) is 24.8 Å². The molecule has 3 aromatic rings. The van der Waals surface area contributed by atoms with Crippen LogP contribution in [-0.4, -0.2) is 36.2 Å². The molecule has 0 radical (unpaired) electrons. The van der Waals surface area contributed by atoms with E-state index in [0.717, 1.165) is 22.3 Å². The maximum atomic E-state index is 12.2. The van der Waals surface area contributed by atoms with Crippen LogP contribution in [0.15, 0.2) is 65.1 Å². The van der Waals surface area contributed by atoms with Gasteiger partial charge in [-0.1, -0.05) is 48.5 Å². The summed E-state index contributed by atoms with van der Waals surface area (Å²) < 4.78 is 10.8. The van der Waals surface area contributed by atoms with Crippen LogP contribution < -0.4 is 10.6 Å². The van der Waals surface area contributed by atoms with Crippen LogP contribution in [0.25, 0.3) is 11.1 Å². The number of carbonyl (C=O) groups excluding carboxylic acids is 2. The molecular weight excluding hydrogens is 400 g/mol. The summed E-state index contributed by atoms with van der Waals surface area (Å²) in [4.78, 5) is 34.5. The standard InChI is InChI=1S/C23H20N2O6/c26-21(27)12-24-22(28)20-10-9-14(31-20)11-25-23(29)30-13-19-17-7-3-1-5-15(17)16-6-2-4-8-18(16)19/h1-10,19H,11-13H2,(H,24,28)(H,25,29)(H,26,27). The van der Waals surface area contributed by atoms with Crippen molar-refractivity contribution in [2.24, 2.45) is 0 Å². The zero-order valence-electron chi connectivity index (χ0n) is 16.5. The SMILES string of the molecule is O=C(O)CNC(=O)c1ccc(CNC(=O)OCC2c3ccccc3-c3ccccc32)o1. The minimum absolute atomic E-state index is 0.0306. The predicted octanol–water partition coefficient (Wildman–Crippen LogP) is 3.13. The maximum Gasteiger partial charge on any atom is 0.407 e. The molecule has 1 aliphatic rings. The molecule has 0 spiro atoms. The molecule has 0 bridgehead atoms. The fraction of sp³-hybridized carbons (Fsp3) is 0.174. The Morgan fingerprint density at radius 1 is 0.903 bits per heavy atom. The summed E-state index contributed by atoms with van der Waals surface area (Å²) in [5.74, 6) is -1.53. The lowest BCUT2D eigenvalue weighted by Crippen LogP contribution is -2.28. The Bertz CT molecular complexity index is 1090. The van der Waals surface area contributed by atoms with Crippen LogP contribution in [0.3, 0.4) is 0 Å². The Balaban J connectivity index is 1.32. The maximum absolute atomic E-state index is 12.2. The van der Waals surface area contributed by atoms with E-state index in [1.54, 1.807) is 0 Å². The number of amides is 2. The first-order valence-electron chi connectivity index (χ1n) is 9.70. The predicted molar refractivity (Wildman–Crippen MR) is 111 cm³/mol. The number of carbonyl (C=O) groups is 3. The fourth-order valence-electron chi connectivity index (χ4n) is 3.65. The van der Waals surface area contributed by atoms with E-state index in [1.807, 2.05) is 36.4 Å². The third-order valence-electron chi connectivity index (χ3n) is 5.04. The van der Waals surface area contributed by atoms with Crippen molar-refractivity contribution >= 4 is 18.0 Å². The summed E-state index contributed by atoms with van der Waals surface area (Å²) in [6.07, 6.45) is -0.602. The molecule has 0 unspecified atom stereocenters. The molecule has 0 aliphatic heterocycles. The van der Waals surface area contributed by atoms with Crippen LogP contribution in [0.5, 0.6) is 0 Å². The first kappa shape index (κ1) is 20.2. The number of hydrogen-bond donors (Lipinski definition) is 3. The molecule has 1 aromatic heterocycles. The van der Waals surface area contributed by atoms with Crippen LogP contribution >= 0.6 is 0 Å². The molecule has 8 nitrogen and oxygen atoms in total. The zero-order chi connectivity index (χ0) is 21.8. The molecule has 0 atom stereocenters. The summed E-state index contributed by atoms with van der Waals surface area (Å²) in [6.45, 7) is -0.281. The van der Waals surface area contributed by atoms with Gasteiger partial charge < -0.3 is 24.9 Å². The Labute approximate surface area is 177 Å². The summed E-state index contributed by atoms with van der Waals surface area (Å²) in [5.41, 5.74) is 4.55. The van der Waals surface area contributed by atoms with E-state index in [2.05, 4.69) is 22.8 Å². The van der Waals surface area contributed by atoms with Gasteiger partial charge in [-0.2, -0.15) is 0 Å². The van der Waals surface area contributed by atoms with Crippen molar-refractivity contribution < 1.29 is 28.6 Å². The minimum atomic E-state index is -1.16. The summed E-state index contributed by atoms with van der Waals surface area (Å²) in [5, 5.41) is 13.4. The van der Waals surface area contributed by atoms with Crippen molar-refractivity contribution in [2.45, 2.75) is 12.5 Å². The average molecular weight is 420 g/mol. The monoisotopic (exact) mass is 420 g/mol. The van der Waals surface area contributed by atoms with Crippen molar-refractivity contribution in [1.82, 2.24) is 10.6 Å². The average Bonchev–Trinajstić information content (AvgIpc) is 3.38. The smallest absolute Gasteiger partial charge is 0.407 e. The minimum Gasteiger partial charge on any atom is -0.480 e. The molecule has 1 heterocycles. The van der Waals surface area contributed by atoms with Gasteiger partial charge in [0.05, 0.1) is 6.54 Å². The van der Waals surface area contributed by atoms with Crippen molar-refractivity contribution in [3.05, 3.63) is 83.3 Å². The molecule has 0 saturated carbocycles. The summed E-state index contributed by atoms with van der Waals surface area (Å²) in [6, 6.07) is 19.1. The van der Waals surface area contributed by atoms with Crippen LogP contribution in [-0.2, 0) is 16.1 Å². The summed E-state index contributed by atoms with van der Waals surface area (Å²) in [7, 11) is 0. The molecule has 158 valence electrons. The van der Waals surface area contributed by atoms with E-state index in [4.69, 9.17) is 14.3 Å². The molecule has 8 heteroatoms. The van der Waals surface area contributed by atoms with Crippen LogP contribution in [0, 0.1) is 0 Å². The van der Waals surface area contributed by atoms with Gasteiger partial charge in [0, 0.05) is 5.92 Å². The Hall–Kier alpha value is -4.07. The number of nitrogens with one attached hydrogen (secondary N) is 2. The second kappa shape index (κ2) is 8.74. The second-order valence-corrected chi connectivity index (χ2v) is 7.02. The van der Waals surface area contributed by atoms with Crippen molar-refractivity contribution in [1.29, 1.82) is 0 Å². The van der Waals surface area contributed by atoms with Gasteiger partial charge in [0.15, 0.2) is 5.76 Å². The normalized spacial score (nSPS) is 12.0. The molecule has 31 heavy (non-hydrogen) atoms. The zero-order valence-corrected chi connectivity index (χ0v) is 16.5. The summed E-state index contributed by atoms with van der Waals surface area (Å²) >= 11 is 0. The number of hydrogen-bond acceptors (Lipinski definition) is 5. The highest BCUT2D eigenvalue weighted by Crippen LogP contribution is 2.44. The van der Waals surface area contributed by atoms with Gasteiger partial charge in [0.1, 0.15) is 18.9 Å². The number of alkyl carbamates (subject to hydrolysis) is 1. The molecular formula is C23H20N2O6. The Morgan fingerprint density at radius 2 is 1.55 bits per heavy atom. The fourth-order valence-corrected chi connectivity index (χ4v) is 3.65. The Morgan fingerprint density at radius 3 is 2.19 bits per heavy atom. The number of aliphatic carboxylic acids is 1. The van der Waals surface area contributed by atoms with E-state index >= 15 is 0 Å². The van der Waals surface area contributed by atoms with Crippen LogP contribution in [0.4, 0.5) is 4.79 Å². The lowest BCUT2D eigenvalue weighted by Gasteiger charge is -2.14. The van der Waals surface area contributed by atoms with Crippen molar-refractivity contribution in [3.63, 3.8) is 0 Å². The molecule has 1 aliphatic carbocycles. The number of carboxylic acid groups (broad SMARTS) is 1. The number of rotatable bonds is 7. The molecule has 0 saturated heterocycles. The molecule has 0 fully saturated rings. The molecule has 4 rings (SSSR count). The number of furan rings is 1. The third-order valence-corrected chi connectivity index (χ3v) is 5.04. The van der Waals surface area contributed by atoms with E-state index in [0.29, 0.717) is 5.76 Å². The number of fused-ring (bicyclic) bond motifs is 3. The lowest BCUT2D eigenvalue weighted by atomic mass is 9.98. The molecule has 2 amide bonds. The van der Waals surface area contributed by atoms with Crippen LogP contribution in [0.1, 0.15) is 33.4 Å². The first-order chi connectivity index (χ1) is 15.0. The van der Waals surface area contributed by atoms with E-state index < -0.39 is 24.5 Å². The second-order valence-electron chi connectivity index (χ2n) is 7.02.